The van der Waals surface area contributed by atoms with E-state index in [0.717, 1.165) is 25.8 Å². The molecule has 1 saturated heterocycles. The number of carbonyl (C=O) groups is 3. The third-order valence-corrected chi connectivity index (χ3v) is 7.24. The number of ether oxygens (including phenoxy) is 1. The van der Waals surface area contributed by atoms with Crippen molar-refractivity contribution in [2.75, 3.05) is 25.0 Å². The number of aliphatic carboxylic acids is 1. The van der Waals surface area contributed by atoms with Gasteiger partial charge in [0.05, 0.1) is 0 Å². The first-order valence-electron chi connectivity index (χ1n) is 11.2. The van der Waals surface area contributed by atoms with Gasteiger partial charge in [-0.15, -0.1) is 0 Å². The van der Waals surface area contributed by atoms with Crippen LogP contribution < -0.4 is 5.32 Å². The second-order valence-corrected chi connectivity index (χ2v) is 10.5. The summed E-state index contributed by atoms with van der Waals surface area (Å²) in [6.45, 7) is 2.12. The quantitative estimate of drug-likeness (QED) is 0.404. The molecule has 0 spiro atoms. The normalized spacial score (nSPS) is 15.5. The van der Waals surface area contributed by atoms with Gasteiger partial charge in [-0.05, 0) is 70.0 Å². The maximum Gasteiger partial charge on any atom is 0.411 e. The van der Waals surface area contributed by atoms with Crippen molar-refractivity contribution in [1.82, 2.24) is 4.90 Å². The molecule has 0 saturated carbocycles. The fourth-order valence-corrected chi connectivity index (χ4v) is 5.47. The number of anilines is 1. The maximum absolute atomic E-state index is 12.8. The average Bonchev–Trinajstić information content (AvgIpc) is 3.13. The number of carbonyl (C=O) groups excluding carboxylic acids is 2. The predicted octanol–water partition coefficient (Wildman–Crippen LogP) is 5.20. The monoisotopic (exact) mass is 582 g/mol. The second kappa shape index (κ2) is 8.99. The topological polar surface area (TPSA) is 95.9 Å². The van der Waals surface area contributed by atoms with Gasteiger partial charge in [0.1, 0.15) is 12.0 Å². The number of hydrogen-bond donors (Lipinski definition) is 2. The summed E-state index contributed by atoms with van der Waals surface area (Å²) in [5.74, 6) is -1.23. The number of fused-ring (bicyclic) bond motifs is 3. The van der Waals surface area contributed by atoms with Crippen LogP contribution in [0.15, 0.2) is 66.7 Å². The zero-order valence-electron chi connectivity index (χ0n) is 19.0. The van der Waals surface area contributed by atoms with Gasteiger partial charge in [-0.25, -0.2) is 4.79 Å². The molecule has 2 amide bonds. The van der Waals surface area contributed by atoms with Gasteiger partial charge in [-0.2, -0.15) is 0 Å². The van der Waals surface area contributed by atoms with E-state index in [-0.39, 0.29) is 31.5 Å². The highest BCUT2D eigenvalue weighted by atomic mass is 127. The van der Waals surface area contributed by atoms with Gasteiger partial charge in [0.2, 0.25) is 0 Å². The number of hydrogen-bond acceptors (Lipinski definition) is 4. The molecule has 35 heavy (non-hydrogen) atoms. The van der Waals surface area contributed by atoms with Crippen molar-refractivity contribution in [1.29, 1.82) is 0 Å². The van der Waals surface area contributed by atoms with E-state index >= 15 is 0 Å². The molecule has 0 aromatic heterocycles. The molecule has 2 aliphatic rings. The van der Waals surface area contributed by atoms with Crippen LogP contribution in [0.3, 0.4) is 0 Å². The highest BCUT2D eigenvalue weighted by Gasteiger charge is 2.47. The lowest BCUT2D eigenvalue weighted by molar-refractivity contribution is -0.155. The average molecular weight is 582 g/mol. The number of likely N-dealkylation sites (tertiary alicyclic amines) is 1. The van der Waals surface area contributed by atoms with E-state index in [1.54, 1.807) is 25.1 Å². The number of nitrogens with one attached hydrogen (secondary N) is 1. The molecule has 5 rings (SSSR count). The van der Waals surface area contributed by atoms with E-state index in [9.17, 15) is 19.5 Å². The SMILES string of the molecule is CC1(C(=O)O)CN(C(=O)c2cc(I)cc(NC(=O)OCC3c4ccccc4-c4ccccc43)c2)C1. The molecule has 0 radical (unpaired) electrons. The van der Waals surface area contributed by atoms with E-state index in [0.29, 0.717) is 11.3 Å². The van der Waals surface area contributed by atoms with E-state index in [4.69, 9.17) is 4.74 Å². The molecule has 2 N–H and O–H groups in total. The number of carboxylic acid groups (broad SMARTS) is 1. The molecule has 3 aromatic rings. The van der Waals surface area contributed by atoms with Crippen molar-refractivity contribution < 1.29 is 24.2 Å². The van der Waals surface area contributed by atoms with Crippen LogP contribution in [-0.2, 0) is 9.53 Å². The maximum atomic E-state index is 12.8. The van der Waals surface area contributed by atoms with Crippen LogP contribution in [0, 0.1) is 8.99 Å². The fourth-order valence-electron chi connectivity index (χ4n) is 4.80. The lowest BCUT2D eigenvalue weighted by atomic mass is 9.81. The minimum atomic E-state index is -0.917. The van der Waals surface area contributed by atoms with Gasteiger partial charge < -0.3 is 14.7 Å². The summed E-state index contributed by atoms with van der Waals surface area (Å²) < 4.78 is 6.37. The summed E-state index contributed by atoms with van der Waals surface area (Å²) in [6, 6.07) is 21.3. The molecule has 7 nitrogen and oxygen atoms in total. The summed E-state index contributed by atoms with van der Waals surface area (Å²) in [5.41, 5.74) is 4.49. The molecule has 0 unspecified atom stereocenters. The molecule has 1 heterocycles. The highest BCUT2D eigenvalue weighted by molar-refractivity contribution is 14.1. The van der Waals surface area contributed by atoms with Crippen LogP contribution in [0.2, 0.25) is 0 Å². The molecular weight excluding hydrogens is 559 g/mol. The first kappa shape index (κ1) is 23.3. The molecule has 178 valence electrons. The first-order valence-corrected chi connectivity index (χ1v) is 12.3. The Balaban J connectivity index is 1.25. The Morgan fingerprint density at radius 2 is 1.63 bits per heavy atom. The van der Waals surface area contributed by atoms with Crippen LogP contribution in [0.25, 0.3) is 11.1 Å². The third-order valence-electron chi connectivity index (χ3n) is 6.62. The van der Waals surface area contributed by atoms with Gasteiger partial charge in [-0.1, -0.05) is 48.5 Å². The van der Waals surface area contributed by atoms with Crippen molar-refractivity contribution in [3.63, 3.8) is 0 Å². The Labute approximate surface area is 216 Å². The number of rotatable bonds is 5. The Morgan fingerprint density at radius 1 is 1.03 bits per heavy atom. The molecule has 0 bridgehead atoms. The molecule has 8 heteroatoms. The number of halogens is 1. The van der Waals surface area contributed by atoms with Gasteiger partial charge in [0.15, 0.2) is 0 Å². The zero-order chi connectivity index (χ0) is 24.7. The molecular formula is C27H23IN2O5. The predicted molar refractivity (Wildman–Crippen MR) is 139 cm³/mol. The van der Waals surface area contributed by atoms with Gasteiger partial charge >= 0.3 is 12.1 Å². The van der Waals surface area contributed by atoms with E-state index < -0.39 is 17.5 Å². The van der Waals surface area contributed by atoms with Crippen LogP contribution in [0.5, 0.6) is 0 Å². The summed E-state index contributed by atoms with van der Waals surface area (Å²) in [7, 11) is 0. The number of benzene rings is 3. The van der Waals surface area contributed by atoms with E-state index in [1.165, 1.54) is 4.90 Å². The molecule has 1 aliphatic heterocycles. The number of nitrogens with zero attached hydrogens (tertiary/aromatic N) is 1. The number of carboxylic acids is 1. The summed E-state index contributed by atoms with van der Waals surface area (Å²) in [5, 5.41) is 12.0. The molecule has 0 atom stereocenters. The first-order chi connectivity index (χ1) is 16.7. The summed E-state index contributed by atoms with van der Waals surface area (Å²) in [4.78, 5) is 38.3. The molecule has 1 aliphatic carbocycles. The van der Waals surface area contributed by atoms with Gasteiger partial charge in [0, 0.05) is 33.8 Å². The molecule has 3 aromatic carbocycles. The van der Waals surface area contributed by atoms with Crippen LogP contribution in [-0.4, -0.2) is 47.7 Å². The minimum absolute atomic E-state index is 0.0452. The summed E-state index contributed by atoms with van der Waals surface area (Å²) in [6.07, 6.45) is -0.602. The Kier molecular flexibility index (Phi) is 6.00. The molecule has 1 fully saturated rings. The Hall–Kier alpha value is -3.40. The van der Waals surface area contributed by atoms with Crippen molar-refractivity contribution in [2.45, 2.75) is 12.8 Å². The Bertz CT molecular complexity index is 1300. The van der Waals surface area contributed by atoms with Crippen LogP contribution in [0.1, 0.15) is 34.3 Å². The van der Waals surface area contributed by atoms with Gasteiger partial charge in [0.25, 0.3) is 5.91 Å². The summed E-state index contributed by atoms with van der Waals surface area (Å²) >= 11 is 2.08. The lowest BCUT2D eigenvalue weighted by Gasteiger charge is -2.44. The van der Waals surface area contributed by atoms with Crippen LogP contribution in [0.4, 0.5) is 10.5 Å². The van der Waals surface area contributed by atoms with Crippen molar-refractivity contribution in [3.8, 4) is 11.1 Å². The van der Waals surface area contributed by atoms with Crippen molar-refractivity contribution in [2.24, 2.45) is 5.41 Å². The minimum Gasteiger partial charge on any atom is -0.481 e. The van der Waals surface area contributed by atoms with E-state index in [2.05, 4.69) is 52.2 Å². The smallest absolute Gasteiger partial charge is 0.411 e. The Morgan fingerprint density at radius 3 is 2.23 bits per heavy atom. The van der Waals surface area contributed by atoms with Crippen molar-refractivity contribution >= 4 is 46.2 Å². The lowest BCUT2D eigenvalue weighted by Crippen LogP contribution is -2.60. The standard InChI is InChI=1S/C27H23IN2O5/c1-27(25(32)33)14-30(15-27)24(31)16-10-17(28)12-18(11-16)29-26(34)35-13-23-21-8-4-2-6-19(21)20-7-3-5-9-22(20)23/h2-12,23H,13-15H2,1H3,(H,29,34)(H,32,33). The second-order valence-electron chi connectivity index (χ2n) is 9.21. The largest absolute Gasteiger partial charge is 0.481 e. The van der Waals surface area contributed by atoms with Gasteiger partial charge in [-0.3, -0.25) is 14.9 Å². The van der Waals surface area contributed by atoms with Crippen LogP contribution >= 0.6 is 22.6 Å². The highest BCUT2D eigenvalue weighted by Crippen LogP contribution is 2.44. The number of amides is 2. The zero-order valence-corrected chi connectivity index (χ0v) is 21.1. The third kappa shape index (κ3) is 4.38. The van der Waals surface area contributed by atoms with Crippen molar-refractivity contribution in [3.05, 3.63) is 87.0 Å². The fraction of sp³-hybridized carbons (Fsp3) is 0.222. The van der Waals surface area contributed by atoms with E-state index in [1.807, 2.05) is 24.3 Å².